The summed E-state index contributed by atoms with van der Waals surface area (Å²) in [7, 11) is 0. The van der Waals surface area contributed by atoms with Crippen LogP contribution in [0.2, 0.25) is 0 Å². The van der Waals surface area contributed by atoms with Crippen molar-refractivity contribution < 1.29 is 9.63 Å². The third-order valence-electron chi connectivity index (χ3n) is 4.03. The third-order valence-corrected chi connectivity index (χ3v) is 4.03. The predicted octanol–water partition coefficient (Wildman–Crippen LogP) is 2.52. The first-order valence-corrected chi connectivity index (χ1v) is 8.12. The summed E-state index contributed by atoms with van der Waals surface area (Å²) in [5.74, 6) is -0.178. The fraction of sp³-hybridized carbons (Fsp3) is 0.389. The summed E-state index contributed by atoms with van der Waals surface area (Å²) >= 11 is 0. The van der Waals surface area contributed by atoms with Gasteiger partial charge in [0, 0.05) is 18.2 Å². The molecule has 0 radical (unpaired) electrons. The summed E-state index contributed by atoms with van der Waals surface area (Å²) in [4.78, 5) is 17.8. The van der Waals surface area contributed by atoms with Gasteiger partial charge in [0.2, 0.25) is 0 Å². The number of amides is 1. The summed E-state index contributed by atoms with van der Waals surface area (Å²) in [5, 5.41) is 11.3. The lowest BCUT2D eigenvalue weighted by molar-refractivity contribution is -0.115. The molecule has 2 aromatic rings. The molecule has 0 saturated heterocycles. The molecule has 3 rings (SSSR count). The van der Waals surface area contributed by atoms with Crippen LogP contribution in [0.1, 0.15) is 36.4 Å². The molecule has 1 N–H and O–H groups in total. The van der Waals surface area contributed by atoms with Gasteiger partial charge in [0.1, 0.15) is 5.71 Å². The second-order valence-corrected chi connectivity index (χ2v) is 6.23. The number of nitrogens with one attached hydrogen (secondary N) is 1. The van der Waals surface area contributed by atoms with Gasteiger partial charge in [0.15, 0.2) is 6.10 Å². The van der Waals surface area contributed by atoms with Crippen LogP contribution in [0.4, 0.5) is 0 Å². The number of hydrogen-bond acceptors (Lipinski definition) is 4. The van der Waals surface area contributed by atoms with E-state index in [4.69, 9.17) is 4.84 Å². The Bertz CT molecular complexity index is 752. The summed E-state index contributed by atoms with van der Waals surface area (Å²) in [6, 6.07) is 11.8. The average Bonchev–Trinajstić information content (AvgIpc) is 3.15. The Morgan fingerprint density at radius 1 is 1.38 bits per heavy atom. The van der Waals surface area contributed by atoms with Crippen LogP contribution in [0.3, 0.4) is 0 Å². The molecule has 0 fully saturated rings. The largest absolute Gasteiger partial charge is 0.387 e. The highest BCUT2D eigenvalue weighted by Crippen LogP contribution is 2.26. The van der Waals surface area contributed by atoms with Gasteiger partial charge in [-0.25, -0.2) is 0 Å². The minimum Gasteiger partial charge on any atom is -0.387 e. The zero-order chi connectivity index (χ0) is 17.1. The molecule has 24 heavy (non-hydrogen) atoms. The van der Waals surface area contributed by atoms with Crippen LogP contribution < -0.4 is 5.32 Å². The van der Waals surface area contributed by atoms with Crippen molar-refractivity contribution in [2.24, 2.45) is 5.16 Å². The second kappa shape index (κ2) is 6.86. The highest BCUT2D eigenvalue weighted by atomic mass is 16.6. The predicted molar refractivity (Wildman–Crippen MR) is 91.6 cm³/mol. The van der Waals surface area contributed by atoms with Crippen LogP contribution in [0.15, 0.2) is 41.6 Å². The lowest BCUT2D eigenvalue weighted by Crippen LogP contribution is -2.39. The van der Waals surface area contributed by atoms with E-state index in [-0.39, 0.29) is 18.1 Å². The number of nitrogens with zero attached hydrogens (tertiary/aromatic N) is 3. The van der Waals surface area contributed by atoms with Gasteiger partial charge >= 0.3 is 0 Å². The number of hydrogen-bond donors (Lipinski definition) is 1. The third kappa shape index (κ3) is 3.64. The molecule has 6 nitrogen and oxygen atoms in total. The molecule has 0 aliphatic carbocycles. The van der Waals surface area contributed by atoms with Crippen molar-refractivity contribution in [3.8, 4) is 0 Å². The zero-order valence-corrected chi connectivity index (χ0v) is 14.2. The molecule has 0 unspecified atom stereocenters. The maximum absolute atomic E-state index is 12.4. The lowest BCUT2D eigenvalue weighted by Gasteiger charge is -2.14. The number of rotatable bonds is 5. The van der Waals surface area contributed by atoms with Gasteiger partial charge in [-0.3, -0.25) is 9.48 Å². The minimum absolute atomic E-state index is 0.0472. The first kappa shape index (κ1) is 16.2. The van der Waals surface area contributed by atoms with E-state index in [2.05, 4.69) is 15.6 Å². The Morgan fingerprint density at radius 2 is 2.12 bits per heavy atom. The molecule has 0 spiro atoms. The number of carbonyl (C=O) groups is 1. The van der Waals surface area contributed by atoms with E-state index in [0.717, 1.165) is 17.0 Å². The van der Waals surface area contributed by atoms with E-state index in [1.807, 2.05) is 61.9 Å². The molecular formula is C18H22N4O2. The Hall–Kier alpha value is -2.63. The number of aromatic nitrogens is 2. The monoisotopic (exact) mass is 326 g/mol. The van der Waals surface area contributed by atoms with Crippen molar-refractivity contribution in [2.45, 2.75) is 45.9 Å². The summed E-state index contributed by atoms with van der Waals surface area (Å²) < 4.78 is 1.90. The summed E-state index contributed by atoms with van der Waals surface area (Å²) in [6.45, 7) is 6.55. The van der Waals surface area contributed by atoms with Gasteiger partial charge in [0.05, 0.1) is 12.2 Å². The van der Waals surface area contributed by atoms with Crippen LogP contribution in [0.5, 0.6) is 0 Å². The van der Waals surface area contributed by atoms with E-state index in [1.54, 1.807) is 0 Å². The first-order valence-electron chi connectivity index (χ1n) is 8.12. The van der Waals surface area contributed by atoms with Crippen molar-refractivity contribution in [2.75, 3.05) is 0 Å². The topological polar surface area (TPSA) is 68.5 Å². The van der Waals surface area contributed by atoms with Crippen LogP contribution in [0, 0.1) is 13.8 Å². The molecule has 1 amide bonds. The maximum atomic E-state index is 12.4. The van der Waals surface area contributed by atoms with Crippen molar-refractivity contribution >= 4 is 11.6 Å². The van der Waals surface area contributed by atoms with Gasteiger partial charge in [-0.2, -0.15) is 5.10 Å². The van der Waals surface area contributed by atoms with E-state index in [9.17, 15) is 4.79 Å². The van der Waals surface area contributed by atoms with E-state index >= 15 is 0 Å². The molecule has 126 valence electrons. The number of oxime groups is 1. The van der Waals surface area contributed by atoms with Crippen molar-refractivity contribution in [3.63, 3.8) is 0 Å². The summed E-state index contributed by atoms with van der Waals surface area (Å²) in [6.07, 6.45) is 0.306. The van der Waals surface area contributed by atoms with Gasteiger partial charge < -0.3 is 10.2 Å². The number of carbonyl (C=O) groups excluding carboxylic acids is 1. The zero-order valence-electron chi connectivity index (χ0n) is 14.2. The van der Waals surface area contributed by atoms with Crippen LogP contribution in [-0.2, 0) is 16.2 Å². The molecule has 0 bridgehead atoms. The molecule has 1 aliphatic heterocycles. The van der Waals surface area contributed by atoms with E-state index in [1.165, 1.54) is 0 Å². The van der Waals surface area contributed by atoms with Gasteiger partial charge in [-0.1, -0.05) is 35.5 Å². The quantitative estimate of drug-likeness (QED) is 0.918. The SMILES string of the molecule is Cc1cc(C)n(C[C@@H](C)NC(=O)C2=NO[C@H](c3ccccc3)C2)n1. The molecule has 2 atom stereocenters. The van der Waals surface area contributed by atoms with Crippen molar-refractivity contribution in [1.82, 2.24) is 15.1 Å². The molecule has 0 saturated carbocycles. The highest BCUT2D eigenvalue weighted by molar-refractivity contribution is 6.39. The number of aryl methyl sites for hydroxylation is 2. The average molecular weight is 326 g/mol. The normalized spacial score (nSPS) is 18.0. The standard InChI is InChI=1S/C18H22N4O2/c1-12-9-14(3)22(20-12)11-13(2)19-18(23)16-10-17(24-21-16)15-7-5-4-6-8-15/h4-9,13,17H,10-11H2,1-3H3,(H,19,23)/t13-,17+/m1/s1. The molecular weight excluding hydrogens is 304 g/mol. The van der Waals surface area contributed by atoms with Crippen LogP contribution in [0.25, 0.3) is 0 Å². The fourth-order valence-electron chi connectivity index (χ4n) is 2.83. The first-order chi connectivity index (χ1) is 11.5. The molecule has 1 aromatic carbocycles. The maximum Gasteiger partial charge on any atom is 0.269 e. The van der Waals surface area contributed by atoms with Crippen molar-refractivity contribution in [1.29, 1.82) is 0 Å². The molecule has 1 aromatic heterocycles. The van der Waals surface area contributed by atoms with Gasteiger partial charge in [-0.05, 0) is 32.4 Å². The lowest BCUT2D eigenvalue weighted by atomic mass is 10.0. The Balaban J connectivity index is 1.55. The van der Waals surface area contributed by atoms with E-state index < -0.39 is 0 Å². The number of benzene rings is 1. The minimum atomic E-state index is -0.182. The van der Waals surface area contributed by atoms with Crippen LogP contribution in [-0.4, -0.2) is 27.4 Å². The second-order valence-electron chi connectivity index (χ2n) is 6.23. The Labute approximate surface area is 141 Å². The van der Waals surface area contributed by atoms with Gasteiger partial charge in [-0.15, -0.1) is 0 Å². The molecule has 2 heterocycles. The molecule has 1 aliphatic rings. The van der Waals surface area contributed by atoms with Crippen molar-refractivity contribution in [3.05, 3.63) is 53.3 Å². The smallest absolute Gasteiger partial charge is 0.269 e. The summed E-state index contributed by atoms with van der Waals surface area (Å²) in [5.41, 5.74) is 3.52. The van der Waals surface area contributed by atoms with E-state index in [0.29, 0.717) is 18.7 Å². The molecule has 6 heteroatoms. The fourth-order valence-corrected chi connectivity index (χ4v) is 2.83. The Kier molecular flexibility index (Phi) is 4.64. The van der Waals surface area contributed by atoms with Gasteiger partial charge in [0.25, 0.3) is 5.91 Å². The van der Waals surface area contributed by atoms with Crippen LogP contribution >= 0.6 is 0 Å². The Morgan fingerprint density at radius 3 is 2.79 bits per heavy atom. The highest BCUT2D eigenvalue weighted by Gasteiger charge is 2.27.